The fourth-order valence-corrected chi connectivity index (χ4v) is 1.87. The number of rotatable bonds is 2. The lowest BCUT2D eigenvalue weighted by molar-refractivity contribution is -0.129. The number of aliphatic imine (C=N–C) groups is 1. The van der Waals surface area contributed by atoms with Crippen LogP contribution in [0.25, 0.3) is 6.08 Å². The lowest BCUT2D eigenvalue weighted by Gasteiger charge is -1.98. The molecule has 0 N–H and O–H groups in total. The summed E-state index contributed by atoms with van der Waals surface area (Å²) in [6.45, 7) is 0. The van der Waals surface area contributed by atoms with Crippen LogP contribution < -0.4 is 0 Å². The van der Waals surface area contributed by atoms with Crippen LogP contribution in [0.1, 0.15) is 11.1 Å². The van der Waals surface area contributed by atoms with Crippen molar-refractivity contribution >= 4 is 29.5 Å². The zero-order valence-corrected chi connectivity index (χ0v) is 11.0. The van der Waals surface area contributed by atoms with Crippen LogP contribution in [0.5, 0.6) is 0 Å². The maximum atomic E-state index is 11.8. The van der Waals surface area contributed by atoms with Gasteiger partial charge in [-0.05, 0) is 42.0 Å². The Morgan fingerprint density at radius 3 is 2.65 bits per heavy atom. The minimum absolute atomic E-state index is 0.253. The van der Waals surface area contributed by atoms with Crippen LogP contribution in [0, 0.1) is 0 Å². The molecule has 0 fully saturated rings. The quantitative estimate of drug-likeness (QED) is 0.629. The number of hydrogen-bond acceptors (Lipinski definition) is 4. The second kappa shape index (κ2) is 5.27. The van der Waals surface area contributed by atoms with Gasteiger partial charge in [0.15, 0.2) is 5.70 Å². The summed E-state index contributed by atoms with van der Waals surface area (Å²) in [5, 5.41) is 0.616. The average molecular weight is 285 g/mol. The van der Waals surface area contributed by atoms with Gasteiger partial charge in [0.25, 0.3) is 0 Å². The molecule has 4 nitrogen and oxygen atoms in total. The number of carbonyl (C=O) groups excluding carboxylic acids is 1. The number of esters is 1. The van der Waals surface area contributed by atoms with Crippen molar-refractivity contribution in [2.24, 2.45) is 4.99 Å². The Kier molecular flexibility index (Phi) is 3.31. The van der Waals surface area contributed by atoms with Gasteiger partial charge in [-0.15, -0.1) is 0 Å². The highest BCUT2D eigenvalue weighted by Gasteiger charge is 2.23. The van der Waals surface area contributed by atoms with Gasteiger partial charge in [0.05, 0.1) is 0 Å². The van der Waals surface area contributed by atoms with Crippen molar-refractivity contribution in [1.29, 1.82) is 0 Å². The van der Waals surface area contributed by atoms with E-state index in [0.29, 0.717) is 10.6 Å². The van der Waals surface area contributed by atoms with Crippen LogP contribution in [0.2, 0.25) is 5.02 Å². The molecule has 3 rings (SSSR count). The summed E-state index contributed by atoms with van der Waals surface area (Å²) in [6, 6.07) is 10.6. The molecule has 2 heterocycles. The number of pyridine rings is 1. The van der Waals surface area contributed by atoms with Gasteiger partial charge in [-0.2, -0.15) is 0 Å². The van der Waals surface area contributed by atoms with Gasteiger partial charge in [0, 0.05) is 23.0 Å². The minimum atomic E-state index is -0.473. The summed E-state index contributed by atoms with van der Waals surface area (Å²) in [5.41, 5.74) is 1.75. The molecule has 1 aromatic heterocycles. The average Bonchev–Trinajstić information content (AvgIpc) is 2.82. The smallest absolute Gasteiger partial charge is 0.363 e. The maximum Gasteiger partial charge on any atom is 0.363 e. The first kappa shape index (κ1) is 12.6. The third kappa shape index (κ3) is 2.60. The lowest BCUT2D eigenvalue weighted by Crippen LogP contribution is -2.05. The number of ether oxygens (including phenoxy) is 1. The molecule has 2 aromatic rings. The maximum absolute atomic E-state index is 11.8. The topological polar surface area (TPSA) is 51.5 Å². The molecule has 1 aromatic carbocycles. The Balaban J connectivity index is 1.93. The Hall–Kier alpha value is -2.46. The van der Waals surface area contributed by atoms with E-state index in [4.69, 9.17) is 16.3 Å². The first-order valence-corrected chi connectivity index (χ1v) is 6.29. The van der Waals surface area contributed by atoms with Crippen molar-refractivity contribution in [2.75, 3.05) is 0 Å². The molecule has 5 heteroatoms. The second-order valence-corrected chi connectivity index (χ2v) is 4.57. The van der Waals surface area contributed by atoms with Gasteiger partial charge in [-0.3, -0.25) is 4.98 Å². The summed E-state index contributed by atoms with van der Waals surface area (Å²) >= 11 is 5.82. The van der Waals surface area contributed by atoms with Crippen molar-refractivity contribution in [3.8, 4) is 0 Å². The summed E-state index contributed by atoms with van der Waals surface area (Å²) in [6.07, 6.45) is 4.95. The van der Waals surface area contributed by atoms with E-state index in [1.165, 1.54) is 0 Å². The van der Waals surface area contributed by atoms with E-state index in [9.17, 15) is 4.79 Å². The van der Waals surface area contributed by atoms with Crippen molar-refractivity contribution in [3.63, 3.8) is 0 Å². The zero-order valence-electron chi connectivity index (χ0n) is 10.3. The Labute approximate surface area is 120 Å². The van der Waals surface area contributed by atoms with Crippen molar-refractivity contribution in [2.45, 2.75) is 0 Å². The van der Waals surface area contributed by atoms with Gasteiger partial charge < -0.3 is 4.74 Å². The monoisotopic (exact) mass is 284 g/mol. The Bertz CT molecular complexity index is 706. The standard InChI is InChI=1S/C15H9ClN2O2/c16-12-5-3-11(4-6-12)14-18-13(15(19)20-14)8-10-2-1-7-17-9-10/h1-9H/b13-8-. The van der Waals surface area contributed by atoms with E-state index in [1.54, 1.807) is 48.8 Å². The number of halogens is 1. The molecule has 0 saturated heterocycles. The first-order valence-electron chi connectivity index (χ1n) is 5.91. The minimum Gasteiger partial charge on any atom is -0.402 e. The summed E-state index contributed by atoms with van der Waals surface area (Å²) in [4.78, 5) is 20.0. The SMILES string of the molecule is O=C1OC(c2ccc(Cl)cc2)=N/C1=C\c1cccnc1. The predicted molar refractivity (Wildman–Crippen MR) is 76.3 cm³/mol. The normalized spacial score (nSPS) is 16.1. The molecule has 0 spiro atoms. The molecule has 0 atom stereocenters. The highest BCUT2D eigenvalue weighted by molar-refractivity contribution is 6.30. The van der Waals surface area contributed by atoms with Crippen LogP contribution in [0.4, 0.5) is 0 Å². The fourth-order valence-electron chi connectivity index (χ4n) is 1.74. The van der Waals surface area contributed by atoms with E-state index in [0.717, 1.165) is 5.56 Å². The van der Waals surface area contributed by atoms with Gasteiger partial charge in [-0.25, -0.2) is 9.79 Å². The number of cyclic esters (lactones) is 1. The zero-order chi connectivity index (χ0) is 13.9. The largest absolute Gasteiger partial charge is 0.402 e. The summed E-state index contributed by atoms with van der Waals surface area (Å²) in [5.74, 6) is -0.194. The molecule has 0 aliphatic carbocycles. The number of nitrogens with zero attached hydrogens (tertiary/aromatic N) is 2. The molecule has 98 valence electrons. The second-order valence-electron chi connectivity index (χ2n) is 4.13. The molecule has 0 unspecified atom stereocenters. The molecule has 1 aliphatic heterocycles. The van der Waals surface area contributed by atoms with E-state index < -0.39 is 5.97 Å². The van der Waals surface area contributed by atoms with Crippen molar-refractivity contribution in [3.05, 3.63) is 70.6 Å². The molecule has 0 radical (unpaired) electrons. The van der Waals surface area contributed by atoms with E-state index in [2.05, 4.69) is 9.98 Å². The molecule has 0 bridgehead atoms. The third-order valence-electron chi connectivity index (χ3n) is 2.70. The third-order valence-corrected chi connectivity index (χ3v) is 2.95. The highest BCUT2D eigenvalue weighted by atomic mass is 35.5. The van der Waals surface area contributed by atoms with Gasteiger partial charge >= 0.3 is 5.97 Å². The van der Waals surface area contributed by atoms with Crippen LogP contribution >= 0.6 is 11.6 Å². The Morgan fingerprint density at radius 2 is 1.95 bits per heavy atom. The van der Waals surface area contributed by atoms with Crippen LogP contribution in [-0.4, -0.2) is 16.9 Å². The molecule has 20 heavy (non-hydrogen) atoms. The molecule has 0 amide bonds. The summed E-state index contributed by atoms with van der Waals surface area (Å²) < 4.78 is 5.15. The molecule has 0 saturated carbocycles. The van der Waals surface area contributed by atoms with E-state index >= 15 is 0 Å². The number of aromatic nitrogens is 1. The Morgan fingerprint density at radius 1 is 1.15 bits per heavy atom. The van der Waals surface area contributed by atoms with Crippen molar-refractivity contribution < 1.29 is 9.53 Å². The van der Waals surface area contributed by atoms with Crippen LogP contribution in [0.3, 0.4) is 0 Å². The molecular formula is C15H9ClN2O2. The van der Waals surface area contributed by atoms with E-state index in [1.807, 2.05) is 6.07 Å². The first-order chi connectivity index (χ1) is 9.72. The van der Waals surface area contributed by atoms with Crippen molar-refractivity contribution in [1.82, 2.24) is 4.98 Å². The molecule has 1 aliphatic rings. The fraction of sp³-hybridized carbons (Fsp3) is 0. The number of hydrogen-bond donors (Lipinski definition) is 0. The number of benzene rings is 1. The highest BCUT2D eigenvalue weighted by Crippen LogP contribution is 2.19. The predicted octanol–water partition coefficient (Wildman–Crippen LogP) is 3.08. The summed E-state index contributed by atoms with van der Waals surface area (Å²) in [7, 11) is 0. The van der Waals surface area contributed by atoms with Gasteiger partial charge in [-0.1, -0.05) is 17.7 Å². The van der Waals surface area contributed by atoms with E-state index in [-0.39, 0.29) is 11.6 Å². The van der Waals surface area contributed by atoms with Gasteiger partial charge in [0.1, 0.15) is 0 Å². The lowest BCUT2D eigenvalue weighted by atomic mass is 10.2. The van der Waals surface area contributed by atoms with Crippen LogP contribution in [0.15, 0.2) is 59.5 Å². The van der Waals surface area contributed by atoms with Gasteiger partial charge in [0.2, 0.25) is 5.90 Å². The van der Waals surface area contributed by atoms with Crippen LogP contribution in [-0.2, 0) is 9.53 Å². The molecular weight excluding hydrogens is 276 g/mol. The number of carbonyl (C=O) groups is 1.